The maximum absolute atomic E-state index is 12.4. The van der Waals surface area contributed by atoms with E-state index in [2.05, 4.69) is 5.10 Å². The quantitative estimate of drug-likeness (QED) is 0.660. The van der Waals surface area contributed by atoms with E-state index in [4.69, 9.17) is 0 Å². The number of rotatable bonds is 5. The molecule has 1 unspecified atom stereocenters. The molecule has 1 heterocycles. The third-order valence-corrected chi connectivity index (χ3v) is 4.25. The fraction of sp³-hybridized carbons (Fsp3) is 0.143. The van der Waals surface area contributed by atoms with Crippen LogP contribution in [0.25, 0.3) is 11.8 Å². The van der Waals surface area contributed by atoms with Gasteiger partial charge >= 0.3 is 0 Å². The molecule has 0 saturated heterocycles. The van der Waals surface area contributed by atoms with E-state index >= 15 is 0 Å². The number of amides is 1. The minimum atomic E-state index is -0.0381. The minimum Gasteiger partial charge on any atom is -0.335 e. The van der Waals surface area contributed by atoms with Gasteiger partial charge in [0.2, 0.25) is 5.91 Å². The third kappa shape index (κ3) is 4.04. The van der Waals surface area contributed by atoms with Crippen molar-refractivity contribution in [2.24, 2.45) is 0 Å². The van der Waals surface area contributed by atoms with E-state index in [0.29, 0.717) is 0 Å². The first-order valence-electron chi connectivity index (χ1n) is 8.25. The fourth-order valence-electron chi connectivity index (χ4n) is 2.58. The zero-order valence-corrected chi connectivity index (χ0v) is 14.4. The van der Waals surface area contributed by atoms with E-state index in [9.17, 15) is 4.79 Å². The first kappa shape index (κ1) is 16.7. The van der Waals surface area contributed by atoms with Gasteiger partial charge in [0, 0.05) is 24.9 Å². The summed E-state index contributed by atoms with van der Waals surface area (Å²) in [5.41, 5.74) is 2.99. The van der Waals surface area contributed by atoms with Crippen LogP contribution in [-0.4, -0.2) is 27.6 Å². The molecule has 126 valence electrons. The van der Waals surface area contributed by atoms with Crippen LogP contribution in [0.3, 0.4) is 0 Å². The van der Waals surface area contributed by atoms with Crippen LogP contribution in [0.2, 0.25) is 0 Å². The zero-order valence-electron chi connectivity index (χ0n) is 14.4. The van der Waals surface area contributed by atoms with Gasteiger partial charge in [-0.1, -0.05) is 48.5 Å². The molecular formula is C21H21N3O. The first-order chi connectivity index (χ1) is 12.1. The molecule has 4 nitrogen and oxygen atoms in total. The summed E-state index contributed by atoms with van der Waals surface area (Å²) < 4.78 is 1.79. The van der Waals surface area contributed by atoms with Gasteiger partial charge in [0.05, 0.1) is 17.9 Å². The van der Waals surface area contributed by atoms with Crippen LogP contribution in [0.4, 0.5) is 0 Å². The van der Waals surface area contributed by atoms with Crippen molar-refractivity contribution >= 4 is 12.0 Å². The van der Waals surface area contributed by atoms with Crippen molar-refractivity contribution in [3.63, 3.8) is 0 Å². The van der Waals surface area contributed by atoms with Crippen LogP contribution in [0, 0.1) is 0 Å². The number of para-hydroxylation sites is 1. The number of benzene rings is 2. The van der Waals surface area contributed by atoms with Gasteiger partial charge in [0.1, 0.15) is 0 Å². The molecule has 3 rings (SSSR count). The second-order valence-electron chi connectivity index (χ2n) is 5.92. The van der Waals surface area contributed by atoms with Gasteiger partial charge < -0.3 is 4.90 Å². The lowest BCUT2D eigenvalue weighted by atomic mass is 10.1. The Kier molecular flexibility index (Phi) is 5.09. The average molecular weight is 331 g/mol. The van der Waals surface area contributed by atoms with E-state index in [-0.39, 0.29) is 11.9 Å². The summed E-state index contributed by atoms with van der Waals surface area (Å²) in [4.78, 5) is 14.1. The predicted octanol–water partition coefficient (Wildman–Crippen LogP) is 4.11. The summed E-state index contributed by atoms with van der Waals surface area (Å²) in [6.07, 6.45) is 7.03. The monoisotopic (exact) mass is 331 g/mol. The molecule has 2 aromatic carbocycles. The van der Waals surface area contributed by atoms with Crippen LogP contribution >= 0.6 is 0 Å². The van der Waals surface area contributed by atoms with E-state index in [1.165, 1.54) is 0 Å². The molecule has 1 aromatic heterocycles. The van der Waals surface area contributed by atoms with Gasteiger partial charge in [0.15, 0.2) is 0 Å². The Balaban J connectivity index is 1.67. The second-order valence-corrected chi connectivity index (χ2v) is 5.92. The van der Waals surface area contributed by atoms with Gasteiger partial charge in [-0.25, -0.2) is 4.68 Å². The van der Waals surface area contributed by atoms with Gasteiger partial charge in [-0.05, 0) is 30.7 Å². The highest BCUT2D eigenvalue weighted by Crippen LogP contribution is 2.18. The molecule has 0 N–H and O–H groups in total. The number of aromatic nitrogens is 2. The maximum Gasteiger partial charge on any atom is 0.246 e. The number of carbonyl (C=O) groups excluding carboxylic acids is 1. The van der Waals surface area contributed by atoms with Crippen molar-refractivity contribution in [2.75, 3.05) is 7.05 Å². The number of likely N-dealkylation sites (N-methyl/N-ethyl adjacent to an activating group) is 1. The molecule has 0 aliphatic heterocycles. The van der Waals surface area contributed by atoms with Crippen LogP contribution < -0.4 is 0 Å². The Hall–Kier alpha value is -3.14. The topological polar surface area (TPSA) is 38.1 Å². The Morgan fingerprint density at radius 1 is 1.08 bits per heavy atom. The average Bonchev–Trinajstić information content (AvgIpc) is 3.15. The fourth-order valence-corrected chi connectivity index (χ4v) is 2.58. The Morgan fingerprint density at radius 3 is 2.40 bits per heavy atom. The van der Waals surface area contributed by atoms with Crippen LogP contribution in [0.5, 0.6) is 0 Å². The minimum absolute atomic E-state index is 0.0189. The molecule has 0 saturated carbocycles. The second kappa shape index (κ2) is 7.62. The van der Waals surface area contributed by atoms with Gasteiger partial charge in [-0.3, -0.25) is 4.79 Å². The van der Waals surface area contributed by atoms with Crippen LogP contribution in [0.15, 0.2) is 79.1 Å². The lowest BCUT2D eigenvalue weighted by Crippen LogP contribution is -2.27. The molecule has 0 aliphatic rings. The SMILES string of the molecule is CC(c1ccccc1)N(C)C(=O)/C=C/c1cnn(-c2ccccc2)c1. The lowest BCUT2D eigenvalue weighted by molar-refractivity contribution is -0.126. The van der Waals surface area contributed by atoms with Gasteiger partial charge in [-0.2, -0.15) is 5.10 Å². The molecule has 0 aliphatic carbocycles. The normalized spacial score (nSPS) is 12.2. The molecule has 25 heavy (non-hydrogen) atoms. The summed E-state index contributed by atoms with van der Waals surface area (Å²) in [6.45, 7) is 2.02. The summed E-state index contributed by atoms with van der Waals surface area (Å²) in [5, 5.41) is 4.33. The van der Waals surface area contributed by atoms with Crippen LogP contribution in [0.1, 0.15) is 24.1 Å². The van der Waals surface area contributed by atoms with E-state index in [1.807, 2.05) is 80.8 Å². The number of carbonyl (C=O) groups is 1. The largest absolute Gasteiger partial charge is 0.335 e. The van der Waals surface area contributed by atoms with Crippen molar-refractivity contribution in [3.8, 4) is 5.69 Å². The predicted molar refractivity (Wildman–Crippen MR) is 100 cm³/mol. The molecule has 0 fully saturated rings. The summed E-state index contributed by atoms with van der Waals surface area (Å²) in [7, 11) is 1.82. The van der Waals surface area contributed by atoms with Crippen molar-refractivity contribution < 1.29 is 4.79 Å². The highest BCUT2D eigenvalue weighted by molar-refractivity contribution is 5.91. The van der Waals surface area contributed by atoms with Gasteiger partial charge in [-0.15, -0.1) is 0 Å². The molecule has 4 heteroatoms. The molecule has 0 spiro atoms. The number of hydrogen-bond acceptors (Lipinski definition) is 2. The summed E-state index contributed by atoms with van der Waals surface area (Å²) in [5.74, 6) is -0.0381. The Bertz CT molecular complexity index is 853. The summed E-state index contributed by atoms with van der Waals surface area (Å²) >= 11 is 0. The molecule has 1 amide bonds. The standard InChI is InChI=1S/C21H21N3O/c1-17(19-9-5-3-6-10-19)23(2)21(25)14-13-18-15-22-24(16-18)20-11-7-4-8-12-20/h3-17H,1-2H3/b14-13+. The van der Waals surface area contributed by atoms with E-state index < -0.39 is 0 Å². The maximum atomic E-state index is 12.4. The smallest absolute Gasteiger partial charge is 0.246 e. The summed E-state index contributed by atoms with van der Waals surface area (Å²) in [6, 6.07) is 19.9. The molecule has 1 atom stereocenters. The van der Waals surface area contributed by atoms with E-state index in [1.54, 1.807) is 27.9 Å². The Labute approximate surface area is 148 Å². The molecule has 3 aromatic rings. The van der Waals surface area contributed by atoms with Crippen molar-refractivity contribution in [1.29, 1.82) is 0 Å². The number of hydrogen-bond donors (Lipinski definition) is 0. The van der Waals surface area contributed by atoms with Gasteiger partial charge in [0.25, 0.3) is 0 Å². The first-order valence-corrected chi connectivity index (χ1v) is 8.25. The zero-order chi connectivity index (χ0) is 17.6. The van der Waals surface area contributed by atoms with Crippen molar-refractivity contribution in [3.05, 3.63) is 90.3 Å². The van der Waals surface area contributed by atoms with Crippen LogP contribution in [-0.2, 0) is 4.79 Å². The van der Waals surface area contributed by atoms with Crippen molar-refractivity contribution in [2.45, 2.75) is 13.0 Å². The third-order valence-electron chi connectivity index (χ3n) is 4.25. The van der Waals surface area contributed by atoms with E-state index in [0.717, 1.165) is 16.8 Å². The number of nitrogens with zero attached hydrogens (tertiary/aromatic N) is 3. The highest BCUT2D eigenvalue weighted by atomic mass is 16.2. The molecule has 0 radical (unpaired) electrons. The molecular weight excluding hydrogens is 310 g/mol. The molecule has 0 bridgehead atoms. The lowest BCUT2D eigenvalue weighted by Gasteiger charge is -2.24. The van der Waals surface area contributed by atoms with Crippen molar-refractivity contribution in [1.82, 2.24) is 14.7 Å². The highest BCUT2D eigenvalue weighted by Gasteiger charge is 2.14. The Morgan fingerprint density at radius 2 is 1.72 bits per heavy atom.